The Bertz CT molecular complexity index is 1230. The highest BCUT2D eigenvalue weighted by atomic mass is 16.5. The van der Waals surface area contributed by atoms with Gasteiger partial charge in [-0.15, -0.1) is 0 Å². The molecule has 2 N–H and O–H groups in total. The predicted octanol–water partition coefficient (Wildman–Crippen LogP) is 5.13. The summed E-state index contributed by atoms with van der Waals surface area (Å²) in [5, 5.41) is 21.3. The molecule has 2 aromatic carbocycles. The monoisotopic (exact) mass is 434 g/mol. The molecule has 0 unspecified atom stereocenters. The number of carbonyl (C=O) groups is 1. The van der Waals surface area contributed by atoms with Crippen LogP contribution in [-0.4, -0.2) is 33.8 Å². The molecule has 0 spiro atoms. The molecule has 166 valence electrons. The third kappa shape index (κ3) is 2.97. The van der Waals surface area contributed by atoms with Gasteiger partial charge in [-0.1, -0.05) is 6.07 Å². The van der Waals surface area contributed by atoms with Gasteiger partial charge < -0.3 is 24.4 Å². The molecule has 3 aliphatic heterocycles. The highest BCUT2D eigenvalue weighted by Gasteiger charge is 2.40. The summed E-state index contributed by atoms with van der Waals surface area (Å²) in [7, 11) is 0. The summed E-state index contributed by atoms with van der Waals surface area (Å²) in [4.78, 5) is 13.7. The van der Waals surface area contributed by atoms with Crippen LogP contribution in [0.4, 0.5) is 0 Å². The second kappa shape index (κ2) is 6.55. The maximum Gasteiger partial charge on any atom is 0.181 e. The Morgan fingerprint density at radius 2 is 1.53 bits per heavy atom. The van der Waals surface area contributed by atoms with E-state index in [2.05, 4.69) is 0 Å². The molecule has 0 fully saturated rings. The van der Waals surface area contributed by atoms with Crippen molar-refractivity contribution in [1.29, 1.82) is 0 Å². The van der Waals surface area contributed by atoms with E-state index in [1.165, 1.54) is 0 Å². The molecule has 0 radical (unpaired) electrons. The molecule has 3 heterocycles. The van der Waals surface area contributed by atoms with Crippen LogP contribution in [0.3, 0.4) is 0 Å². The number of hydrogen-bond acceptors (Lipinski definition) is 6. The zero-order valence-corrected chi connectivity index (χ0v) is 18.8. The summed E-state index contributed by atoms with van der Waals surface area (Å²) >= 11 is 0. The molecule has 1 atom stereocenters. The first kappa shape index (κ1) is 20.5. The normalized spacial score (nSPS) is 21.5. The summed E-state index contributed by atoms with van der Waals surface area (Å²) in [6.07, 6.45) is 7.46. The van der Waals surface area contributed by atoms with Crippen LogP contribution in [-0.2, 0) is 0 Å². The number of ether oxygens (including phenoxy) is 3. The fourth-order valence-electron chi connectivity index (χ4n) is 4.47. The van der Waals surface area contributed by atoms with Crippen LogP contribution in [0.1, 0.15) is 66.2 Å². The Morgan fingerprint density at radius 1 is 0.906 bits per heavy atom. The Labute approximate surface area is 186 Å². The first-order chi connectivity index (χ1) is 15.0. The van der Waals surface area contributed by atoms with Gasteiger partial charge in [-0.05, 0) is 65.0 Å². The largest absolute Gasteiger partial charge is 0.507 e. The van der Waals surface area contributed by atoms with Crippen LogP contribution in [0.5, 0.6) is 28.7 Å². The standard InChI is InChI=1S/C26H26O6/c1-13-20(28)19-21(29)17(12-30-24(19)16-9-11-25(2,3)31-22(13)16)14-6-7-18(27)15-8-10-26(4,5)32-23(14)15/h6-11,17,27-28H,12H2,1-5H3/t17-/m1/s1. The number of Topliss-reactive ketones (excluding diaryl/α,β-unsaturated/α-hetero) is 1. The average molecular weight is 434 g/mol. The topological polar surface area (TPSA) is 85.2 Å². The smallest absolute Gasteiger partial charge is 0.181 e. The minimum atomic E-state index is -0.688. The van der Waals surface area contributed by atoms with Crippen LogP contribution >= 0.6 is 0 Å². The molecular weight excluding hydrogens is 408 g/mol. The van der Waals surface area contributed by atoms with Crippen molar-refractivity contribution >= 4 is 17.9 Å². The van der Waals surface area contributed by atoms with Crippen LogP contribution in [0, 0.1) is 6.92 Å². The summed E-state index contributed by atoms with van der Waals surface area (Å²) in [6, 6.07) is 3.24. The van der Waals surface area contributed by atoms with Crippen molar-refractivity contribution in [2.75, 3.05) is 6.61 Å². The number of phenols is 2. The molecule has 0 aromatic heterocycles. The van der Waals surface area contributed by atoms with Crippen molar-refractivity contribution in [2.45, 2.75) is 51.7 Å². The highest BCUT2D eigenvalue weighted by molar-refractivity contribution is 6.08. The lowest BCUT2D eigenvalue weighted by Gasteiger charge is -2.35. The number of phenolic OH excluding ortho intramolecular Hbond substituents is 2. The van der Waals surface area contributed by atoms with E-state index in [9.17, 15) is 15.0 Å². The van der Waals surface area contributed by atoms with Crippen molar-refractivity contribution in [1.82, 2.24) is 0 Å². The quantitative estimate of drug-likeness (QED) is 0.647. The molecule has 32 heavy (non-hydrogen) atoms. The number of hydrogen-bond donors (Lipinski definition) is 2. The van der Waals surface area contributed by atoms with E-state index < -0.39 is 17.1 Å². The van der Waals surface area contributed by atoms with Gasteiger partial charge in [0.2, 0.25) is 0 Å². The van der Waals surface area contributed by atoms with Gasteiger partial charge in [0.25, 0.3) is 0 Å². The SMILES string of the molecule is Cc1c(O)c2c(c3c1OC(C)(C)C=C3)OC[C@H](c1ccc(O)c3c1OC(C)(C)C=C3)C2=O. The molecule has 0 saturated carbocycles. The zero-order valence-electron chi connectivity index (χ0n) is 18.8. The van der Waals surface area contributed by atoms with E-state index in [0.29, 0.717) is 39.5 Å². The van der Waals surface area contributed by atoms with Gasteiger partial charge in [-0.3, -0.25) is 4.79 Å². The van der Waals surface area contributed by atoms with Gasteiger partial charge in [0.05, 0.1) is 17.0 Å². The molecule has 2 aromatic rings. The second-order valence-electron chi connectivity index (χ2n) is 9.64. The zero-order chi connectivity index (χ0) is 23.0. The molecule has 6 heteroatoms. The molecule has 0 aliphatic carbocycles. The molecular formula is C26H26O6. The fraction of sp³-hybridized carbons (Fsp3) is 0.346. The van der Waals surface area contributed by atoms with Gasteiger partial charge in [-0.25, -0.2) is 0 Å². The van der Waals surface area contributed by atoms with E-state index in [-0.39, 0.29) is 29.5 Å². The number of ketones is 1. The van der Waals surface area contributed by atoms with E-state index >= 15 is 0 Å². The maximum atomic E-state index is 13.7. The van der Waals surface area contributed by atoms with Crippen molar-refractivity contribution < 1.29 is 29.2 Å². The lowest BCUT2D eigenvalue weighted by atomic mass is 9.83. The Morgan fingerprint density at radius 3 is 2.22 bits per heavy atom. The minimum Gasteiger partial charge on any atom is -0.507 e. The number of fused-ring (bicyclic) bond motifs is 4. The first-order valence-corrected chi connectivity index (χ1v) is 10.7. The van der Waals surface area contributed by atoms with Crippen LogP contribution in [0.25, 0.3) is 12.2 Å². The van der Waals surface area contributed by atoms with Gasteiger partial charge in [0.15, 0.2) is 5.78 Å². The fourth-order valence-corrected chi connectivity index (χ4v) is 4.47. The molecule has 0 bridgehead atoms. The van der Waals surface area contributed by atoms with Gasteiger partial charge in [0, 0.05) is 11.1 Å². The Balaban J connectivity index is 1.64. The summed E-state index contributed by atoms with van der Waals surface area (Å²) < 4.78 is 18.3. The van der Waals surface area contributed by atoms with Crippen LogP contribution in [0.15, 0.2) is 24.3 Å². The Kier molecular flexibility index (Phi) is 4.19. The van der Waals surface area contributed by atoms with Crippen molar-refractivity contribution in [3.63, 3.8) is 0 Å². The number of carbonyl (C=O) groups excluding carboxylic acids is 1. The van der Waals surface area contributed by atoms with Crippen LogP contribution in [0.2, 0.25) is 0 Å². The van der Waals surface area contributed by atoms with E-state index in [1.54, 1.807) is 19.1 Å². The second-order valence-corrected chi connectivity index (χ2v) is 9.64. The predicted molar refractivity (Wildman–Crippen MR) is 121 cm³/mol. The average Bonchev–Trinajstić information content (AvgIpc) is 2.71. The third-order valence-electron chi connectivity index (χ3n) is 6.22. The number of aromatic hydroxyl groups is 2. The van der Waals surface area contributed by atoms with Crippen molar-refractivity contribution in [3.8, 4) is 28.7 Å². The number of rotatable bonds is 1. The maximum absolute atomic E-state index is 13.7. The summed E-state index contributed by atoms with van der Waals surface area (Å²) in [5.41, 5.74) is 1.36. The lowest BCUT2D eigenvalue weighted by molar-refractivity contribution is 0.0880. The molecule has 0 saturated heterocycles. The van der Waals surface area contributed by atoms with Gasteiger partial charge in [0.1, 0.15) is 52.1 Å². The molecule has 3 aliphatic rings. The van der Waals surface area contributed by atoms with Gasteiger partial charge in [-0.2, -0.15) is 0 Å². The van der Waals surface area contributed by atoms with E-state index in [4.69, 9.17) is 14.2 Å². The summed E-state index contributed by atoms with van der Waals surface area (Å²) in [6.45, 7) is 9.49. The van der Waals surface area contributed by atoms with E-state index in [0.717, 1.165) is 0 Å². The van der Waals surface area contributed by atoms with E-state index in [1.807, 2.05) is 52.0 Å². The molecule has 6 nitrogen and oxygen atoms in total. The first-order valence-electron chi connectivity index (χ1n) is 10.7. The lowest BCUT2D eigenvalue weighted by Crippen LogP contribution is -2.32. The van der Waals surface area contributed by atoms with Gasteiger partial charge >= 0.3 is 0 Å². The molecule has 5 rings (SSSR count). The molecule has 0 amide bonds. The summed E-state index contributed by atoms with van der Waals surface area (Å²) in [5.74, 6) is 0.333. The van der Waals surface area contributed by atoms with Crippen molar-refractivity contribution in [2.24, 2.45) is 0 Å². The Hall–Kier alpha value is -3.41. The number of benzene rings is 2. The highest BCUT2D eigenvalue weighted by Crippen LogP contribution is 2.51. The van der Waals surface area contributed by atoms with Crippen LogP contribution < -0.4 is 14.2 Å². The van der Waals surface area contributed by atoms with Crippen molar-refractivity contribution in [3.05, 3.63) is 52.1 Å². The minimum absolute atomic E-state index is 0.0812. The third-order valence-corrected chi connectivity index (χ3v) is 6.22.